The van der Waals surface area contributed by atoms with Crippen LogP contribution >= 0.6 is 0 Å². The number of halogens is 1. The Balaban J connectivity index is 0.000000192. The molecule has 5 rings (SSSR count). The Hall–Kier alpha value is -2.46. The molecule has 4 heterocycles. The van der Waals surface area contributed by atoms with Gasteiger partial charge in [0.25, 0.3) is 6.01 Å². The van der Waals surface area contributed by atoms with Crippen LogP contribution in [0.4, 0.5) is 10.4 Å². The number of hydrogen-bond donors (Lipinski definition) is 1. The van der Waals surface area contributed by atoms with Crippen LogP contribution in [0.25, 0.3) is 22.6 Å². The first-order valence-corrected chi connectivity index (χ1v) is 22.9. The molecule has 1 aromatic carbocycles. The van der Waals surface area contributed by atoms with E-state index in [1.54, 1.807) is 3.71 Å². The van der Waals surface area contributed by atoms with Gasteiger partial charge in [-0.2, -0.15) is 4.98 Å². The van der Waals surface area contributed by atoms with Gasteiger partial charge in [-0.3, -0.25) is 0 Å². The molecule has 7 nitrogen and oxygen atoms in total. The number of nitrogens with one attached hydrogen (secondary N) is 1. The minimum absolute atomic E-state index is 0.261. The van der Waals surface area contributed by atoms with Crippen molar-refractivity contribution in [1.29, 1.82) is 0 Å². The number of piperazine rings is 1. The minimum Gasteiger partial charge on any atom is -0.444 e. The summed E-state index contributed by atoms with van der Waals surface area (Å²) in [6, 6.07) is 10.1. The zero-order chi connectivity index (χ0) is 29.1. The summed E-state index contributed by atoms with van der Waals surface area (Å²) in [6.45, 7) is 11.6. The molecular formula is C32H46FN5O2Sn. The van der Waals surface area contributed by atoms with Crippen LogP contribution in [0.2, 0.25) is 13.3 Å². The van der Waals surface area contributed by atoms with E-state index in [1.807, 2.05) is 6.20 Å². The smallest absolute Gasteiger partial charge is 0.298 e. The van der Waals surface area contributed by atoms with Gasteiger partial charge in [-0.1, -0.05) is 0 Å². The van der Waals surface area contributed by atoms with E-state index >= 15 is 0 Å². The Morgan fingerprint density at radius 1 is 1.00 bits per heavy atom. The molecular weight excluding hydrogens is 624 g/mol. The molecule has 1 N–H and O–H groups in total. The molecule has 0 spiro atoms. The summed E-state index contributed by atoms with van der Waals surface area (Å²) in [4.78, 5) is 15.4. The predicted molar refractivity (Wildman–Crippen MR) is 168 cm³/mol. The second kappa shape index (κ2) is 15.7. The molecule has 41 heavy (non-hydrogen) atoms. The largest absolute Gasteiger partial charge is 0.444 e. The van der Waals surface area contributed by atoms with E-state index < -0.39 is 24.2 Å². The summed E-state index contributed by atoms with van der Waals surface area (Å²) in [5.74, 6) is -0.0746. The van der Waals surface area contributed by atoms with Gasteiger partial charge < -0.3 is 19.1 Å². The van der Waals surface area contributed by atoms with E-state index in [0.29, 0.717) is 28.6 Å². The Labute approximate surface area is 248 Å². The Kier molecular flexibility index (Phi) is 12.0. The van der Waals surface area contributed by atoms with Gasteiger partial charge in [-0.15, -0.1) is 0 Å². The van der Waals surface area contributed by atoms with Gasteiger partial charge in [0, 0.05) is 31.7 Å². The topological polar surface area (TPSA) is 80.2 Å². The van der Waals surface area contributed by atoms with Crippen molar-refractivity contribution in [3.63, 3.8) is 0 Å². The molecule has 222 valence electrons. The Morgan fingerprint density at radius 2 is 1.73 bits per heavy atom. The van der Waals surface area contributed by atoms with Gasteiger partial charge in [0.2, 0.25) is 5.89 Å². The number of nitrogens with zero attached hydrogens (tertiary/aromatic N) is 4. The zero-order valence-electron chi connectivity index (χ0n) is 25.2. The van der Waals surface area contributed by atoms with E-state index in [9.17, 15) is 4.39 Å². The fourth-order valence-corrected chi connectivity index (χ4v) is 21.2. The zero-order valence-corrected chi connectivity index (χ0v) is 28.0. The maximum atomic E-state index is 13.8. The van der Waals surface area contributed by atoms with Crippen molar-refractivity contribution in [2.75, 3.05) is 24.5 Å². The number of hydrogen-bond acceptors (Lipinski definition) is 7. The molecule has 4 aromatic rings. The van der Waals surface area contributed by atoms with Crippen LogP contribution in [-0.2, 0) is 0 Å². The molecule has 1 aliphatic heterocycles. The monoisotopic (exact) mass is 671 g/mol. The van der Waals surface area contributed by atoms with E-state index in [1.165, 1.54) is 76.4 Å². The standard InChI is InChI=1S/C15H15FN4O2.C5H4N.3C4H9.Sn/c1-9-8-17-2-4-20(9)15-19-12-7-10(16)6-11(13(12)22-15)14-18-3-5-21-14;1-2-4-6-5-3-1;3*1-3-4-2;/h3,5-7,9,17H,2,4,8H2,1H3;1-4H;3*1,3-4H2,2H3;/t9-;;;;;/m0...../s1. The van der Waals surface area contributed by atoms with Crippen molar-refractivity contribution in [2.45, 2.75) is 85.6 Å². The van der Waals surface area contributed by atoms with Crippen molar-refractivity contribution < 1.29 is 13.2 Å². The average Bonchev–Trinajstić information content (AvgIpc) is 3.68. The second-order valence-electron chi connectivity index (χ2n) is 11.2. The number of fused-ring (bicyclic) bond motifs is 1. The minimum atomic E-state index is -2.21. The third-order valence-corrected chi connectivity index (χ3v) is 23.3. The van der Waals surface area contributed by atoms with Crippen LogP contribution < -0.4 is 13.9 Å². The van der Waals surface area contributed by atoms with E-state index in [4.69, 9.17) is 13.8 Å². The molecule has 1 atom stereocenters. The average molecular weight is 670 g/mol. The molecule has 0 saturated carbocycles. The number of anilines is 1. The predicted octanol–water partition coefficient (Wildman–Crippen LogP) is 7.56. The van der Waals surface area contributed by atoms with Crippen LogP contribution in [0, 0.1) is 5.82 Å². The number of benzene rings is 1. The molecule has 0 unspecified atom stereocenters. The fourth-order valence-electron chi connectivity index (χ4n) is 5.73. The summed E-state index contributed by atoms with van der Waals surface area (Å²) in [5, 5.41) is 3.31. The fraction of sp³-hybridized carbons (Fsp3) is 0.531. The van der Waals surface area contributed by atoms with Crippen LogP contribution in [0.1, 0.15) is 66.2 Å². The summed E-state index contributed by atoms with van der Waals surface area (Å²) in [7, 11) is 0. The van der Waals surface area contributed by atoms with E-state index in [-0.39, 0.29) is 6.04 Å². The maximum absolute atomic E-state index is 13.8. The summed E-state index contributed by atoms with van der Waals surface area (Å²) in [6.07, 6.45) is 13.2. The Morgan fingerprint density at radius 3 is 2.32 bits per heavy atom. The summed E-state index contributed by atoms with van der Waals surface area (Å²) < 4.78 is 31.1. The molecule has 0 aliphatic carbocycles. The molecule has 0 amide bonds. The molecule has 1 saturated heterocycles. The van der Waals surface area contributed by atoms with Crippen LogP contribution in [0.3, 0.4) is 0 Å². The van der Waals surface area contributed by atoms with Gasteiger partial charge in [-0.25, -0.2) is 9.37 Å². The van der Waals surface area contributed by atoms with Crippen LogP contribution in [-0.4, -0.2) is 59.0 Å². The Bertz CT molecular complexity index is 1290. The van der Waals surface area contributed by atoms with Gasteiger partial charge in [0.15, 0.2) is 5.58 Å². The number of unbranched alkanes of at least 4 members (excludes halogenated alkanes) is 3. The van der Waals surface area contributed by atoms with Crippen LogP contribution in [0.5, 0.6) is 0 Å². The van der Waals surface area contributed by atoms with Crippen molar-refractivity contribution >= 4 is 39.2 Å². The third kappa shape index (κ3) is 8.09. The first-order chi connectivity index (χ1) is 20.0. The molecule has 1 aliphatic rings. The normalized spacial score (nSPS) is 15.6. The molecule has 0 bridgehead atoms. The number of oxazole rings is 2. The molecule has 0 radical (unpaired) electrons. The van der Waals surface area contributed by atoms with Crippen molar-refractivity contribution in [3.05, 3.63) is 54.8 Å². The molecule has 9 heteroatoms. The van der Waals surface area contributed by atoms with Crippen molar-refractivity contribution in [3.8, 4) is 11.5 Å². The summed E-state index contributed by atoms with van der Waals surface area (Å²) in [5.41, 5.74) is 1.43. The van der Waals surface area contributed by atoms with Gasteiger partial charge in [0.05, 0.1) is 11.8 Å². The first-order valence-electron chi connectivity index (χ1n) is 15.4. The third-order valence-electron chi connectivity index (χ3n) is 8.09. The van der Waals surface area contributed by atoms with Crippen molar-refractivity contribution in [2.24, 2.45) is 0 Å². The van der Waals surface area contributed by atoms with E-state index in [2.05, 4.69) is 66.1 Å². The van der Waals surface area contributed by atoms with Gasteiger partial charge in [-0.05, 0) is 13.0 Å². The number of rotatable bonds is 12. The number of aromatic nitrogens is 3. The number of pyridine rings is 1. The summed E-state index contributed by atoms with van der Waals surface area (Å²) >= 11 is -2.21. The molecule has 1 fully saturated rings. The second-order valence-corrected chi connectivity index (χ2v) is 24.2. The quantitative estimate of drug-likeness (QED) is 0.156. The first kappa shape index (κ1) is 31.5. The van der Waals surface area contributed by atoms with Gasteiger partial charge >= 0.3 is 124 Å². The SMILES string of the molecule is CCC[CH2][Sn]([CH2]CCC)([CH2]CCC)[c]1ccccn1.C[C@H]1CNCCN1c1nc2cc(F)cc(-c3ncco3)c2o1. The van der Waals surface area contributed by atoms with Crippen LogP contribution in [0.15, 0.2) is 57.8 Å². The van der Waals surface area contributed by atoms with Gasteiger partial charge in [0.1, 0.15) is 17.6 Å². The maximum Gasteiger partial charge on any atom is 0.298 e. The van der Waals surface area contributed by atoms with E-state index in [0.717, 1.165) is 19.6 Å². The molecule has 3 aromatic heterocycles. The van der Waals surface area contributed by atoms with Crippen molar-refractivity contribution in [1.82, 2.24) is 20.3 Å².